The summed E-state index contributed by atoms with van der Waals surface area (Å²) in [5.41, 5.74) is 0. The molecule has 1 saturated carbocycles. The van der Waals surface area contributed by atoms with Crippen LogP contribution in [0.5, 0.6) is 0 Å². The Hall–Kier alpha value is -1.53. The van der Waals surface area contributed by atoms with Crippen molar-refractivity contribution in [3.05, 3.63) is 24.2 Å². The molecule has 0 radical (unpaired) electrons. The van der Waals surface area contributed by atoms with Gasteiger partial charge in [0, 0.05) is 19.7 Å². The molecule has 106 valence electrons. The van der Waals surface area contributed by atoms with Gasteiger partial charge in [-0.05, 0) is 25.0 Å². The van der Waals surface area contributed by atoms with Crippen LogP contribution >= 0.6 is 0 Å². The van der Waals surface area contributed by atoms with Crippen molar-refractivity contribution in [3.63, 3.8) is 0 Å². The van der Waals surface area contributed by atoms with E-state index in [1.807, 2.05) is 0 Å². The highest BCUT2D eigenvalue weighted by Crippen LogP contribution is 2.27. The first-order valence-electron chi connectivity index (χ1n) is 6.46. The Kier molecular flexibility index (Phi) is 4.81. The minimum absolute atomic E-state index is 0.0282. The van der Waals surface area contributed by atoms with E-state index in [-0.39, 0.29) is 24.7 Å². The number of nitrogens with zero attached hydrogens (tertiary/aromatic N) is 1. The minimum Gasteiger partial charge on any atom is -0.467 e. The second-order valence-electron chi connectivity index (χ2n) is 4.62. The lowest BCUT2D eigenvalue weighted by Crippen LogP contribution is -2.45. The zero-order valence-electron chi connectivity index (χ0n) is 11.0. The fourth-order valence-corrected chi connectivity index (χ4v) is 2.03. The summed E-state index contributed by atoms with van der Waals surface area (Å²) in [4.78, 5) is 13.9. The number of methoxy groups -OCH3 is 1. The van der Waals surface area contributed by atoms with Gasteiger partial charge in [0.2, 0.25) is 0 Å². The number of amides is 2. The molecule has 19 heavy (non-hydrogen) atoms. The van der Waals surface area contributed by atoms with Gasteiger partial charge < -0.3 is 24.5 Å². The minimum atomic E-state index is -0.313. The van der Waals surface area contributed by atoms with Gasteiger partial charge in [-0.2, -0.15) is 0 Å². The number of furan rings is 1. The number of nitrogens with one attached hydrogen (secondary N) is 1. The molecule has 2 amide bonds. The van der Waals surface area contributed by atoms with Gasteiger partial charge in [-0.25, -0.2) is 4.79 Å². The van der Waals surface area contributed by atoms with E-state index < -0.39 is 0 Å². The van der Waals surface area contributed by atoms with E-state index in [4.69, 9.17) is 14.3 Å². The van der Waals surface area contributed by atoms with Crippen molar-refractivity contribution < 1.29 is 19.1 Å². The molecule has 1 aromatic rings. The van der Waals surface area contributed by atoms with Crippen LogP contribution in [0.3, 0.4) is 0 Å². The van der Waals surface area contributed by atoms with Crippen LogP contribution in [-0.4, -0.2) is 48.9 Å². The van der Waals surface area contributed by atoms with Crippen molar-refractivity contribution in [2.45, 2.75) is 24.9 Å². The van der Waals surface area contributed by atoms with Crippen LogP contribution in [0.1, 0.15) is 24.6 Å². The van der Waals surface area contributed by atoms with Gasteiger partial charge in [0.25, 0.3) is 0 Å². The number of aliphatic hydroxyl groups excluding tert-OH is 1. The molecule has 0 spiro atoms. The number of rotatable bonds is 7. The molecule has 0 aliphatic heterocycles. The Labute approximate surface area is 112 Å². The second kappa shape index (κ2) is 6.58. The van der Waals surface area contributed by atoms with Crippen molar-refractivity contribution >= 4 is 6.03 Å². The summed E-state index contributed by atoms with van der Waals surface area (Å²) in [6.45, 7) is 0.671. The predicted molar refractivity (Wildman–Crippen MR) is 68.7 cm³/mol. The zero-order chi connectivity index (χ0) is 13.7. The van der Waals surface area contributed by atoms with Crippen molar-refractivity contribution in [2.24, 2.45) is 0 Å². The van der Waals surface area contributed by atoms with Gasteiger partial charge in [0.15, 0.2) is 0 Å². The number of carbonyl (C=O) groups is 1. The Morgan fingerprint density at radius 3 is 3.00 bits per heavy atom. The molecule has 1 heterocycles. The summed E-state index contributed by atoms with van der Waals surface area (Å²) in [7, 11) is 1.58. The monoisotopic (exact) mass is 268 g/mol. The molecule has 2 rings (SSSR count). The molecule has 1 fully saturated rings. The van der Waals surface area contributed by atoms with E-state index in [0.717, 1.165) is 12.8 Å². The van der Waals surface area contributed by atoms with Gasteiger partial charge >= 0.3 is 6.03 Å². The smallest absolute Gasteiger partial charge is 0.318 e. The quantitative estimate of drug-likeness (QED) is 0.777. The van der Waals surface area contributed by atoms with Gasteiger partial charge in [-0.3, -0.25) is 0 Å². The van der Waals surface area contributed by atoms with Gasteiger partial charge in [-0.1, -0.05) is 0 Å². The largest absolute Gasteiger partial charge is 0.467 e. The van der Waals surface area contributed by atoms with Crippen molar-refractivity contribution in [1.29, 1.82) is 0 Å². The number of aliphatic hydroxyl groups is 1. The normalized spacial score (nSPS) is 16.1. The zero-order valence-corrected chi connectivity index (χ0v) is 11.0. The van der Waals surface area contributed by atoms with E-state index in [1.54, 1.807) is 30.4 Å². The maximum Gasteiger partial charge on any atom is 0.318 e. The van der Waals surface area contributed by atoms with Crippen LogP contribution in [0, 0.1) is 0 Å². The average Bonchev–Trinajstić information content (AvgIpc) is 3.08. The Balaban J connectivity index is 1.97. The highest BCUT2D eigenvalue weighted by atomic mass is 16.5. The summed E-state index contributed by atoms with van der Waals surface area (Å²) in [5.74, 6) is 0.662. The van der Waals surface area contributed by atoms with Crippen molar-refractivity contribution in [2.75, 3.05) is 26.9 Å². The molecule has 0 aromatic carbocycles. The number of urea groups is 1. The number of hydrogen-bond acceptors (Lipinski definition) is 4. The molecule has 6 nitrogen and oxygen atoms in total. The summed E-state index contributed by atoms with van der Waals surface area (Å²) in [5, 5.41) is 11.9. The van der Waals surface area contributed by atoms with Crippen LogP contribution in [0.4, 0.5) is 4.79 Å². The standard InChI is InChI=1S/C13H20N2O4/c1-18-9-11(12-3-2-8-19-12)14-13(17)15(6-7-16)10-4-5-10/h2-3,8,10-11,16H,4-7,9H2,1H3,(H,14,17). The first-order chi connectivity index (χ1) is 9.26. The number of hydrogen-bond donors (Lipinski definition) is 2. The highest BCUT2D eigenvalue weighted by molar-refractivity contribution is 5.75. The summed E-state index contributed by atoms with van der Waals surface area (Å²) >= 11 is 0. The molecule has 1 aliphatic rings. The number of ether oxygens (including phenoxy) is 1. The predicted octanol–water partition coefficient (Wildman–Crippen LogP) is 1.13. The molecule has 1 aromatic heterocycles. The summed E-state index contributed by atoms with van der Waals surface area (Å²) < 4.78 is 10.4. The van der Waals surface area contributed by atoms with Crippen molar-refractivity contribution in [3.8, 4) is 0 Å². The lowest BCUT2D eigenvalue weighted by Gasteiger charge is -2.25. The molecule has 2 N–H and O–H groups in total. The van der Waals surface area contributed by atoms with Crippen LogP contribution in [0.15, 0.2) is 22.8 Å². The molecule has 6 heteroatoms. The third kappa shape index (κ3) is 3.71. The fourth-order valence-electron chi connectivity index (χ4n) is 2.03. The van der Waals surface area contributed by atoms with Gasteiger partial charge in [0.05, 0.1) is 19.5 Å². The van der Waals surface area contributed by atoms with E-state index in [9.17, 15) is 4.79 Å². The van der Waals surface area contributed by atoms with E-state index >= 15 is 0 Å². The summed E-state index contributed by atoms with van der Waals surface area (Å²) in [6.07, 6.45) is 3.57. The SMILES string of the molecule is COCC(NC(=O)N(CCO)C1CC1)c1ccco1. The molecule has 1 atom stereocenters. The lowest BCUT2D eigenvalue weighted by atomic mass is 10.2. The first kappa shape index (κ1) is 13.9. The molecule has 0 saturated heterocycles. The maximum atomic E-state index is 12.2. The molecule has 1 aliphatic carbocycles. The fraction of sp³-hybridized carbons (Fsp3) is 0.615. The number of carbonyl (C=O) groups excluding carboxylic acids is 1. The van der Waals surface area contributed by atoms with Crippen LogP contribution in [-0.2, 0) is 4.74 Å². The average molecular weight is 268 g/mol. The molecule has 1 unspecified atom stereocenters. The van der Waals surface area contributed by atoms with E-state index in [0.29, 0.717) is 18.9 Å². The van der Waals surface area contributed by atoms with Crippen LogP contribution < -0.4 is 5.32 Å². The molecular weight excluding hydrogens is 248 g/mol. The molecular formula is C13H20N2O4. The van der Waals surface area contributed by atoms with Crippen molar-refractivity contribution in [1.82, 2.24) is 10.2 Å². The first-order valence-corrected chi connectivity index (χ1v) is 6.46. The van der Waals surface area contributed by atoms with Crippen LogP contribution in [0.2, 0.25) is 0 Å². The third-order valence-corrected chi connectivity index (χ3v) is 3.11. The second-order valence-corrected chi connectivity index (χ2v) is 4.62. The topological polar surface area (TPSA) is 74.9 Å². The van der Waals surface area contributed by atoms with Gasteiger partial charge in [-0.15, -0.1) is 0 Å². The van der Waals surface area contributed by atoms with E-state index in [1.165, 1.54) is 0 Å². The maximum absolute atomic E-state index is 12.2. The third-order valence-electron chi connectivity index (χ3n) is 3.11. The highest BCUT2D eigenvalue weighted by Gasteiger charge is 2.33. The molecule has 0 bridgehead atoms. The van der Waals surface area contributed by atoms with E-state index in [2.05, 4.69) is 5.32 Å². The van der Waals surface area contributed by atoms with Crippen LogP contribution in [0.25, 0.3) is 0 Å². The Morgan fingerprint density at radius 1 is 1.68 bits per heavy atom. The Morgan fingerprint density at radius 2 is 2.47 bits per heavy atom. The van der Waals surface area contributed by atoms with Gasteiger partial charge in [0.1, 0.15) is 11.8 Å². The lowest BCUT2D eigenvalue weighted by molar-refractivity contribution is 0.140. The Bertz CT molecular complexity index is 389. The summed E-state index contributed by atoms with van der Waals surface area (Å²) in [6, 6.07) is 3.34.